The van der Waals surface area contributed by atoms with Crippen LogP contribution in [0.2, 0.25) is 0 Å². The first-order chi connectivity index (χ1) is 20.2. The first-order valence-electron chi connectivity index (χ1n) is 13.1. The molecule has 5 aromatic rings. The number of benzene rings is 4. The lowest BCUT2D eigenvalue weighted by Crippen LogP contribution is -2.38. The van der Waals surface area contributed by atoms with Crippen LogP contribution in [0, 0.1) is 12.7 Å². The molecule has 0 fully saturated rings. The summed E-state index contributed by atoms with van der Waals surface area (Å²) in [6.07, 6.45) is 1.72. The maximum atomic E-state index is 13.7. The van der Waals surface area contributed by atoms with Crippen LogP contribution in [0.4, 0.5) is 10.3 Å². The minimum absolute atomic E-state index is 0.00598. The zero-order valence-electron chi connectivity index (χ0n) is 23.1. The van der Waals surface area contributed by atoms with E-state index in [1.54, 1.807) is 66.4 Å². The van der Waals surface area contributed by atoms with Crippen molar-refractivity contribution in [1.29, 1.82) is 0 Å². The number of aromatic nitrogens is 2. The number of anilines is 1. The number of rotatable bonds is 10. The van der Waals surface area contributed by atoms with E-state index in [4.69, 9.17) is 4.74 Å². The summed E-state index contributed by atoms with van der Waals surface area (Å²) in [5.41, 5.74) is 3.52. The Kier molecular flexibility index (Phi) is 8.46. The highest BCUT2D eigenvalue weighted by Crippen LogP contribution is 2.27. The number of carbonyl (C=O) groups excluding carboxylic acids is 1. The van der Waals surface area contributed by atoms with Gasteiger partial charge in [-0.05, 0) is 73.2 Å². The Hall–Kier alpha value is -4.80. The van der Waals surface area contributed by atoms with Gasteiger partial charge in [0.05, 0.1) is 24.2 Å². The monoisotopic (exact) mass is 584 g/mol. The minimum Gasteiger partial charge on any atom is -0.497 e. The lowest BCUT2D eigenvalue weighted by atomic mass is 10.1. The second-order valence-electron chi connectivity index (χ2n) is 9.64. The van der Waals surface area contributed by atoms with Crippen molar-refractivity contribution in [2.24, 2.45) is 0 Å². The van der Waals surface area contributed by atoms with Crippen molar-refractivity contribution < 1.29 is 22.3 Å². The van der Waals surface area contributed by atoms with Crippen molar-refractivity contribution in [3.63, 3.8) is 0 Å². The maximum absolute atomic E-state index is 13.7. The number of ether oxygens (including phenoxy) is 1. The number of carbonyl (C=O) groups is 1. The summed E-state index contributed by atoms with van der Waals surface area (Å²) in [4.78, 5) is 18.2. The van der Waals surface area contributed by atoms with Gasteiger partial charge in [-0.15, -0.1) is 0 Å². The van der Waals surface area contributed by atoms with E-state index >= 15 is 0 Å². The Morgan fingerprint density at radius 2 is 1.60 bits per heavy atom. The number of sulfonamides is 1. The number of nitrogens with one attached hydrogen (secondary N) is 1. The number of hydrogen-bond acceptors (Lipinski definition) is 5. The molecule has 4 aromatic carbocycles. The van der Waals surface area contributed by atoms with Crippen LogP contribution in [0.25, 0.3) is 16.9 Å². The van der Waals surface area contributed by atoms with E-state index in [1.165, 1.54) is 24.3 Å². The van der Waals surface area contributed by atoms with Crippen LogP contribution in [0.5, 0.6) is 5.75 Å². The highest BCUT2D eigenvalue weighted by atomic mass is 32.2. The molecule has 1 amide bonds. The van der Waals surface area contributed by atoms with E-state index in [9.17, 15) is 17.6 Å². The van der Waals surface area contributed by atoms with Gasteiger partial charge in [0.1, 0.15) is 11.6 Å². The van der Waals surface area contributed by atoms with Gasteiger partial charge in [-0.2, -0.15) is 4.31 Å². The van der Waals surface area contributed by atoms with Gasteiger partial charge >= 0.3 is 0 Å². The highest BCUT2D eigenvalue weighted by Gasteiger charge is 2.27. The third kappa shape index (κ3) is 6.56. The number of hydrogen-bond donors (Lipinski definition) is 1. The average molecular weight is 585 g/mol. The number of halogens is 1. The molecule has 0 saturated carbocycles. The van der Waals surface area contributed by atoms with Crippen LogP contribution in [0.15, 0.2) is 114 Å². The molecule has 0 aliphatic heterocycles. The van der Waals surface area contributed by atoms with E-state index in [0.717, 1.165) is 21.0 Å². The van der Waals surface area contributed by atoms with E-state index in [1.807, 2.05) is 37.3 Å². The van der Waals surface area contributed by atoms with Crippen LogP contribution in [-0.2, 0) is 21.4 Å². The molecule has 0 saturated heterocycles. The topological polar surface area (TPSA) is 93.5 Å². The van der Waals surface area contributed by atoms with Crippen molar-refractivity contribution in [3.05, 3.63) is 126 Å². The van der Waals surface area contributed by atoms with Gasteiger partial charge in [-0.3, -0.25) is 14.7 Å². The van der Waals surface area contributed by atoms with Gasteiger partial charge in [-0.25, -0.2) is 17.8 Å². The minimum atomic E-state index is -4.02. The highest BCUT2D eigenvalue weighted by molar-refractivity contribution is 7.89. The van der Waals surface area contributed by atoms with E-state index in [2.05, 4.69) is 10.3 Å². The zero-order chi connectivity index (χ0) is 29.7. The molecular weight excluding hydrogens is 555 g/mol. The Morgan fingerprint density at radius 1 is 0.929 bits per heavy atom. The summed E-state index contributed by atoms with van der Waals surface area (Å²) in [5, 5.41) is 2.77. The van der Waals surface area contributed by atoms with E-state index in [-0.39, 0.29) is 17.4 Å². The predicted molar refractivity (Wildman–Crippen MR) is 159 cm³/mol. The summed E-state index contributed by atoms with van der Waals surface area (Å²) in [7, 11) is -2.45. The van der Waals surface area contributed by atoms with Gasteiger partial charge in [0.25, 0.3) is 0 Å². The molecule has 8 nitrogen and oxygen atoms in total. The van der Waals surface area contributed by atoms with Gasteiger partial charge < -0.3 is 4.74 Å². The van der Waals surface area contributed by atoms with Crippen molar-refractivity contribution in [2.45, 2.75) is 18.4 Å². The lowest BCUT2D eigenvalue weighted by molar-refractivity contribution is -0.116. The van der Waals surface area contributed by atoms with Crippen molar-refractivity contribution >= 4 is 21.9 Å². The van der Waals surface area contributed by atoms with Crippen LogP contribution in [-0.4, -0.2) is 41.8 Å². The van der Waals surface area contributed by atoms with Crippen LogP contribution in [0.3, 0.4) is 0 Å². The maximum Gasteiger partial charge on any atom is 0.243 e. The summed E-state index contributed by atoms with van der Waals surface area (Å²) in [6, 6.07) is 28.6. The van der Waals surface area contributed by atoms with Gasteiger partial charge in [0.2, 0.25) is 21.9 Å². The molecule has 1 aromatic heterocycles. The lowest BCUT2D eigenvalue weighted by Gasteiger charge is -2.22. The van der Waals surface area contributed by atoms with Gasteiger partial charge in [0.15, 0.2) is 0 Å². The second kappa shape index (κ2) is 12.4. The Bertz CT molecular complexity index is 1770. The number of aryl methyl sites for hydroxylation is 1. The van der Waals surface area contributed by atoms with E-state index in [0.29, 0.717) is 17.1 Å². The molecule has 0 unspecified atom stereocenters. The fourth-order valence-electron chi connectivity index (χ4n) is 4.36. The van der Waals surface area contributed by atoms with Crippen LogP contribution < -0.4 is 10.1 Å². The number of methoxy groups -OCH3 is 1. The Balaban J connectivity index is 1.47. The molecule has 0 spiro atoms. The smallest absolute Gasteiger partial charge is 0.243 e. The normalized spacial score (nSPS) is 11.4. The largest absolute Gasteiger partial charge is 0.497 e. The van der Waals surface area contributed by atoms with Crippen LogP contribution >= 0.6 is 0 Å². The Labute approximate surface area is 244 Å². The molecule has 214 valence electrons. The predicted octanol–water partition coefficient (Wildman–Crippen LogP) is 5.83. The van der Waals surface area contributed by atoms with Crippen molar-refractivity contribution in [3.8, 4) is 22.7 Å². The molecule has 0 radical (unpaired) electrons. The SMILES string of the molecule is COc1ccc(-c2cn(-c3ccc(F)cc3)c(NC(=O)CN(Cc3ccccc3)S(=O)(=O)c3ccc(C)cc3)n2)cc1. The molecule has 10 heteroatoms. The van der Waals surface area contributed by atoms with Gasteiger partial charge in [-0.1, -0.05) is 48.0 Å². The third-order valence-corrected chi connectivity index (χ3v) is 8.43. The molecule has 0 atom stereocenters. The first kappa shape index (κ1) is 28.7. The van der Waals surface area contributed by atoms with E-state index < -0.39 is 28.3 Å². The summed E-state index contributed by atoms with van der Waals surface area (Å²) < 4.78 is 49.0. The molecule has 42 heavy (non-hydrogen) atoms. The van der Waals surface area contributed by atoms with Crippen molar-refractivity contribution in [1.82, 2.24) is 13.9 Å². The first-order valence-corrected chi connectivity index (χ1v) is 14.6. The fourth-order valence-corrected chi connectivity index (χ4v) is 5.75. The summed E-state index contributed by atoms with van der Waals surface area (Å²) in [6.45, 7) is 1.40. The molecule has 1 heterocycles. The fraction of sp³-hybridized carbons (Fsp3) is 0.125. The third-order valence-electron chi connectivity index (χ3n) is 6.63. The molecule has 0 aliphatic rings. The van der Waals surface area contributed by atoms with Crippen molar-refractivity contribution in [2.75, 3.05) is 19.0 Å². The second-order valence-corrected chi connectivity index (χ2v) is 11.6. The van der Waals surface area contributed by atoms with Gasteiger partial charge in [0, 0.05) is 24.0 Å². The molecule has 0 bridgehead atoms. The molecular formula is C32H29FN4O4S. The Morgan fingerprint density at radius 3 is 2.24 bits per heavy atom. The zero-order valence-corrected chi connectivity index (χ0v) is 23.9. The summed E-state index contributed by atoms with van der Waals surface area (Å²) in [5.74, 6) is -0.155. The molecule has 0 aliphatic carbocycles. The quantitative estimate of drug-likeness (QED) is 0.223. The number of nitrogens with zero attached hydrogens (tertiary/aromatic N) is 3. The number of amides is 1. The van der Waals surface area contributed by atoms with Crippen LogP contribution in [0.1, 0.15) is 11.1 Å². The number of imidazole rings is 1. The average Bonchev–Trinajstić information content (AvgIpc) is 3.41. The standard InChI is InChI=1S/C32H29FN4O4S/c1-23-8-18-29(19-9-23)42(39,40)36(20-24-6-4-3-5-7-24)22-31(38)35-32-34-30(25-10-16-28(41-2)17-11-25)21-37(32)27-14-12-26(33)13-15-27/h3-19,21H,20,22H2,1-2H3,(H,34,35,38). The summed E-state index contributed by atoms with van der Waals surface area (Å²) >= 11 is 0. The molecule has 5 rings (SSSR count). The molecule has 1 N–H and O–H groups in total.